The maximum absolute atomic E-state index is 12.6. The van der Waals surface area contributed by atoms with Gasteiger partial charge in [0, 0.05) is 6.08 Å². The van der Waals surface area contributed by atoms with E-state index in [1.54, 1.807) is 6.92 Å². The number of rotatable bonds is 3. The quantitative estimate of drug-likeness (QED) is 0.467. The molecule has 0 rings (SSSR count). The molecule has 0 saturated heterocycles. The molecule has 0 amide bonds. The van der Waals surface area contributed by atoms with Gasteiger partial charge in [0.2, 0.25) is 0 Å². The maximum Gasteiger partial charge on any atom is 0.129 e. The molecule has 0 aromatic heterocycles. The van der Waals surface area contributed by atoms with E-state index in [9.17, 15) is 4.39 Å². The van der Waals surface area contributed by atoms with Crippen LogP contribution in [-0.2, 0) is 4.74 Å². The molecular formula is C10H17FO. The Morgan fingerprint density at radius 2 is 1.75 bits per heavy atom. The number of hydrogen-bond acceptors (Lipinski definition) is 1. The van der Waals surface area contributed by atoms with E-state index in [1.807, 2.05) is 13.8 Å². The van der Waals surface area contributed by atoms with Crippen molar-refractivity contribution in [3.05, 3.63) is 36.4 Å². The Bertz CT molecular complexity index is 180. The summed E-state index contributed by atoms with van der Waals surface area (Å²) >= 11 is 0. The predicted octanol–water partition coefficient (Wildman–Crippen LogP) is 3.60. The fourth-order valence-corrected chi connectivity index (χ4v) is 0.323. The lowest BCUT2D eigenvalue weighted by Gasteiger charge is -1.97. The summed E-state index contributed by atoms with van der Waals surface area (Å²) in [5, 5.41) is 0. The molecule has 0 aliphatic heterocycles. The molecule has 0 atom stereocenters. The van der Waals surface area contributed by atoms with Crippen LogP contribution < -0.4 is 0 Å². The van der Waals surface area contributed by atoms with Crippen LogP contribution in [0.25, 0.3) is 0 Å². The van der Waals surface area contributed by atoms with E-state index in [0.29, 0.717) is 11.3 Å². The highest BCUT2D eigenvalue weighted by atomic mass is 19.1. The van der Waals surface area contributed by atoms with Crippen LogP contribution in [0.3, 0.4) is 0 Å². The first kappa shape index (κ1) is 13.5. The number of hydrogen-bond donors (Lipinski definition) is 0. The van der Waals surface area contributed by atoms with Gasteiger partial charge in [-0.05, 0) is 12.5 Å². The summed E-state index contributed by atoms with van der Waals surface area (Å²) in [6.07, 6.45) is 1.20. The van der Waals surface area contributed by atoms with Gasteiger partial charge in [0.05, 0.1) is 7.11 Å². The molecule has 0 aromatic rings. The Hall–Kier alpha value is -1.05. The monoisotopic (exact) mass is 172 g/mol. The largest absolute Gasteiger partial charge is 0.497 e. The third-order valence-corrected chi connectivity index (χ3v) is 0.958. The van der Waals surface area contributed by atoms with Gasteiger partial charge in [-0.3, -0.25) is 0 Å². The van der Waals surface area contributed by atoms with Crippen LogP contribution in [-0.4, -0.2) is 7.11 Å². The second kappa shape index (κ2) is 8.05. The normalized spacial score (nSPS) is 9.58. The molecule has 0 radical (unpaired) electrons. The Morgan fingerprint density at radius 3 is 2.00 bits per heavy atom. The Balaban J connectivity index is 0. The molecule has 0 aliphatic carbocycles. The number of ether oxygens (including phenoxy) is 1. The van der Waals surface area contributed by atoms with Crippen molar-refractivity contribution < 1.29 is 9.13 Å². The Morgan fingerprint density at radius 1 is 1.33 bits per heavy atom. The highest BCUT2D eigenvalue weighted by Gasteiger charge is 1.94. The van der Waals surface area contributed by atoms with Gasteiger partial charge in [-0.1, -0.05) is 27.0 Å². The average Bonchev–Trinajstić information content (AvgIpc) is 2.07. The molecule has 0 heterocycles. The van der Waals surface area contributed by atoms with Gasteiger partial charge in [-0.25, -0.2) is 4.39 Å². The van der Waals surface area contributed by atoms with Crippen molar-refractivity contribution in [3.8, 4) is 0 Å². The van der Waals surface area contributed by atoms with Gasteiger partial charge >= 0.3 is 0 Å². The molecule has 0 aliphatic rings. The predicted molar refractivity (Wildman–Crippen MR) is 51.5 cm³/mol. The minimum atomic E-state index is -0.396. The van der Waals surface area contributed by atoms with Gasteiger partial charge in [0.15, 0.2) is 0 Å². The Kier molecular flexibility index (Phi) is 9.08. The van der Waals surface area contributed by atoms with E-state index in [0.717, 1.165) is 0 Å². The van der Waals surface area contributed by atoms with E-state index >= 15 is 0 Å². The first-order valence-corrected chi connectivity index (χ1v) is 3.84. The second-order valence-electron chi connectivity index (χ2n) is 1.94. The van der Waals surface area contributed by atoms with Crippen molar-refractivity contribution >= 4 is 0 Å². The molecule has 0 aromatic carbocycles. The lowest BCUT2D eigenvalue weighted by Crippen LogP contribution is -1.81. The molecule has 1 nitrogen and oxygen atoms in total. The molecule has 0 bridgehead atoms. The van der Waals surface area contributed by atoms with Crippen LogP contribution in [0.15, 0.2) is 36.4 Å². The lowest BCUT2D eigenvalue weighted by molar-refractivity contribution is 0.307. The third-order valence-electron chi connectivity index (χ3n) is 0.958. The van der Waals surface area contributed by atoms with Crippen molar-refractivity contribution in [3.63, 3.8) is 0 Å². The minimum Gasteiger partial charge on any atom is -0.497 e. The van der Waals surface area contributed by atoms with Crippen LogP contribution in [0, 0.1) is 0 Å². The van der Waals surface area contributed by atoms with Gasteiger partial charge in [0.1, 0.15) is 11.6 Å². The van der Waals surface area contributed by atoms with Gasteiger partial charge in [-0.2, -0.15) is 0 Å². The van der Waals surface area contributed by atoms with Crippen molar-refractivity contribution in [2.45, 2.75) is 20.8 Å². The minimum absolute atomic E-state index is 0.292. The smallest absolute Gasteiger partial charge is 0.129 e. The van der Waals surface area contributed by atoms with Crippen LogP contribution in [0.2, 0.25) is 0 Å². The highest BCUT2D eigenvalue weighted by Crippen LogP contribution is 2.10. The van der Waals surface area contributed by atoms with Crippen molar-refractivity contribution in [1.29, 1.82) is 0 Å². The van der Waals surface area contributed by atoms with E-state index in [4.69, 9.17) is 0 Å². The van der Waals surface area contributed by atoms with Gasteiger partial charge in [-0.15, -0.1) is 0 Å². The van der Waals surface area contributed by atoms with E-state index in [1.165, 1.54) is 13.2 Å². The molecule has 0 fully saturated rings. The number of methoxy groups -OCH3 is 1. The summed E-state index contributed by atoms with van der Waals surface area (Å²) in [5.74, 6) is -0.104. The molecule has 12 heavy (non-hydrogen) atoms. The average molecular weight is 172 g/mol. The summed E-state index contributed by atoms with van der Waals surface area (Å²) in [5.41, 5.74) is 0.373. The summed E-state index contributed by atoms with van der Waals surface area (Å²) in [4.78, 5) is 0. The van der Waals surface area contributed by atoms with E-state index in [2.05, 4.69) is 17.9 Å². The molecule has 0 saturated carbocycles. The summed E-state index contributed by atoms with van der Waals surface area (Å²) in [6.45, 7) is 12.4. The maximum atomic E-state index is 12.6. The zero-order chi connectivity index (χ0) is 10.1. The topological polar surface area (TPSA) is 9.23 Å². The van der Waals surface area contributed by atoms with Crippen molar-refractivity contribution in [2.75, 3.05) is 7.11 Å². The lowest BCUT2D eigenvalue weighted by atomic mass is 10.3. The molecule has 0 unspecified atom stereocenters. The SMILES string of the molecule is C=C(/C=C(/F)C(=C)C)OC.CC. The summed E-state index contributed by atoms with van der Waals surface area (Å²) < 4.78 is 17.2. The van der Waals surface area contributed by atoms with Crippen LogP contribution in [0.4, 0.5) is 4.39 Å². The second-order valence-corrected chi connectivity index (χ2v) is 1.94. The molecule has 0 N–H and O–H groups in total. The highest BCUT2D eigenvalue weighted by molar-refractivity contribution is 5.25. The number of allylic oxidation sites excluding steroid dienone is 3. The third kappa shape index (κ3) is 7.06. The van der Waals surface area contributed by atoms with E-state index in [-0.39, 0.29) is 0 Å². The Labute approximate surface area is 74.2 Å². The molecule has 2 heteroatoms. The molecule has 0 spiro atoms. The molecular weight excluding hydrogens is 155 g/mol. The fraction of sp³-hybridized carbons (Fsp3) is 0.400. The summed E-state index contributed by atoms with van der Waals surface area (Å²) in [6, 6.07) is 0. The van der Waals surface area contributed by atoms with Crippen molar-refractivity contribution in [2.24, 2.45) is 0 Å². The standard InChI is InChI=1S/C8H11FO.C2H6/c1-6(2)8(9)5-7(3)10-4;1-2/h5H,1,3H2,2,4H3;1-2H3/b8-5+;. The molecule has 70 valence electrons. The first-order valence-electron chi connectivity index (χ1n) is 3.84. The van der Waals surface area contributed by atoms with Crippen LogP contribution >= 0.6 is 0 Å². The van der Waals surface area contributed by atoms with Crippen molar-refractivity contribution in [1.82, 2.24) is 0 Å². The van der Waals surface area contributed by atoms with Crippen LogP contribution in [0.1, 0.15) is 20.8 Å². The van der Waals surface area contributed by atoms with E-state index < -0.39 is 5.83 Å². The van der Waals surface area contributed by atoms with Gasteiger partial charge < -0.3 is 4.74 Å². The first-order chi connectivity index (χ1) is 5.57. The summed E-state index contributed by atoms with van der Waals surface area (Å²) in [7, 11) is 1.44. The zero-order valence-electron chi connectivity index (χ0n) is 8.28. The van der Waals surface area contributed by atoms with Gasteiger partial charge in [0.25, 0.3) is 0 Å². The zero-order valence-corrected chi connectivity index (χ0v) is 8.28. The fourth-order valence-electron chi connectivity index (χ4n) is 0.323. The van der Waals surface area contributed by atoms with Crippen LogP contribution in [0.5, 0.6) is 0 Å². The number of halogens is 1.